The van der Waals surface area contributed by atoms with E-state index in [9.17, 15) is 0 Å². The number of rotatable bonds is 2. The molecule has 5 nitrogen and oxygen atoms in total. The summed E-state index contributed by atoms with van der Waals surface area (Å²) in [6, 6.07) is 0. The first kappa shape index (κ1) is 13.8. The highest BCUT2D eigenvalue weighted by Crippen LogP contribution is 2.11. The molecule has 0 aromatic heterocycles. The van der Waals surface area contributed by atoms with Crippen LogP contribution in [0.4, 0.5) is 0 Å². The van der Waals surface area contributed by atoms with Gasteiger partial charge in [0.25, 0.3) is 0 Å². The van der Waals surface area contributed by atoms with E-state index in [0.29, 0.717) is 13.0 Å². The van der Waals surface area contributed by atoms with Crippen molar-refractivity contribution in [3.63, 3.8) is 0 Å². The highest BCUT2D eigenvalue weighted by Gasteiger charge is 2.24. The predicted octanol–water partition coefficient (Wildman–Crippen LogP) is -0.510. The smallest absolute Gasteiger partial charge is 0.159 e. The molecule has 0 spiro atoms. The Morgan fingerprint density at radius 1 is 1.50 bits per heavy atom. The van der Waals surface area contributed by atoms with Crippen LogP contribution in [-0.4, -0.2) is 53.6 Å². The van der Waals surface area contributed by atoms with Gasteiger partial charge in [-0.25, -0.2) is 0 Å². The van der Waals surface area contributed by atoms with Crippen molar-refractivity contribution < 1.29 is 24.8 Å². The molecule has 0 saturated carbocycles. The van der Waals surface area contributed by atoms with Gasteiger partial charge in [-0.1, -0.05) is 0 Å². The minimum absolute atomic E-state index is 0.0683. The molecule has 1 aliphatic rings. The maximum atomic E-state index is 8.90. The Bertz CT molecular complexity index is 143. The molecular formula is C9H20O5. The van der Waals surface area contributed by atoms with Gasteiger partial charge in [-0.2, -0.15) is 0 Å². The van der Waals surface area contributed by atoms with Gasteiger partial charge in [0.1, 0.15) is 6.10 Å². The van der Waals surface area contributed by atoms with Gasteiger partial charge in [0, 0.05) is 13.7 Å². The zero-order valence-corrected chi connectivity index (χ0v) is 8.93. The van der Waals surface area contributed by atoms with Crippen molar-refractivity contribution in [2.24, 2.45) is 0 Å². The van der Waals surface area contributed by atoms with Gasteiger partial charge in [-0.05, 0) is 20.3 Å². The van der Waals surface area contributed by atoms with E-state index in [1.807, 2.05) is 0 Å². The molecule has 0 radical (unpaired) electrons. The summed E-state index contributed by atoms with van der Waals surface area (Å²) in [6.07, 6.45) is -0.111. The molecule has 86 valence electrons. The number of hydrogen-bond donors (Lipinski definition) is 3. The molecule has 5 heteroatoms. The van der Waals surface area contributed by atoms with Crippen molar-refractivity contribution in [3.8, 4) is 0 Å². The zero-order valence-electron chi connectivity index (χ0n) is 8.93. The fraction of sp³-hybridized carbons (Fsp3) is 1.00. The first-order chi connectivity index (χ1) is 6.40. The second kappa shape index (κ2) is 6.31. The van der Waals surface area contributed by atoms with Crippen LogP contribution in [0.25, 0.3) is 0 Å². The third kappa shape index (κ3) is 6.28. The lowest BCUT2D eigenvalue weighted by Gasteiger charge is -2.12. The lowest BCUT2D eigenvalue weighted by atomic mass is 10.2. The second-order valence-electron chi connectivity index (χ2n) is 3.60. The Morgan fingerprint density at radius 2 is 2.00 bits per heavy atom. The van der Waals surface area contributed by atoms with Crippen LogP contribution in [-0.2, 0) is 9.47 Å². The van der Waals surface area contributed by atoms with E-state index in [0.717, 1.165) is 0 Å². The molecule has 1 aliphatic heterocycles. The standard InChI is InChI=1S/C5H10O3.C4H10O2/c6-3-5-4(7)1-2-8-5;1-4(2,5)6-3/h4-7H,1-3H2;5H,1-3H3. The van der Waals surface area contributed by atoms with Crippen LogP contribution in [0.5, 0.6) is 0 Å². The average molecular weight is 208 g/mol. The van der Waals surface area contributed by atoms with Crippen molar-refractivity contribution in [3.05, 3.63) is 0 Å². The van der Waals surface area contributed by atoms with E-state index in [2.05, 4.69) is 4.74 Å². The average Bonchev–Trinajstić information content (AvgIpc) is 2.51. The van der Waals surface area contributed by atoms with Crippen molar-refractivity contribution in [1.29, 1.82) is 0 Å². The third-order valence-corrected chi connectivity index (χ3v) is 1.85. The Morgan fingerprint density at radius 3 is 2.14 bits per heavy atom. The van der Waals surface area contributed by atoms with E-state index in [1.165, 1.54) is 7.11 Å². The first-order valence-corrected chi connectivity index (χ1v) is 4.58. The van der Waals surface area contributed by atoms with Crippen LogP contribution in [0.15, 0.2) is 0 Å². The predicted molar refractivity (Wildman–Crippen MR) is 50.8 cm³/mol. The van der Waals surface area contributed by atoms with Crippen molar-refractivity contribution in [2.75, 3.05) is 20.3 Å². The van der Waals surface area contributed by atoms with Gasteiger partial charge in [-0.15, -0.1) is 0 Å². The number of ether oxygens (including phenoxy) is 2. The molecular weight excluding hydrogens is 188 g/mol. The monoisotopic (exact) mass is 208 g/mol. The lowest BCUT2D eigenvalue weighted by molar-refractivity contribution is -0.155. The van der Waals surface area contributed by atoms with E-state index in [-0.39, 0.29) is 12.7 Å². The van der Waals surface area contributed by atoms with Gasteiger partial charge >= 0.3 is 0 Å². The molecule has 1 heterocycles. The fourth-order valence-electron chi connectivity index (χ4n) is 0.812. The molecule has 0 aromatic rings. The maximum Gasteiger partial charge on any atom is 0.159 e. The fourth-order valence-corrected chi connectivity index (χ4v) is 0.812. The summed E-state index contributed by atoms with van der Waals surface area (Å²) in [5.41, 5.74) is 0. The summed E-state index contributed by atoms with van der Waals surface area (Å²) in [6.45, 7) is 3.66. The van der Waals surface area contributed by atoms with Crippen LogP contribution in [0, 0.1) is 0 Å². The van der Waals surface area contributed by atoms with Crippen LogP contribution in [0.3, 0.4) is 0 Å². The number of methoxy groups -OCH3 is 1. The van der Waals surface area contributed by atoms with Gasteiger partial charge in [0.05, 0.1) is 12.7 Å². The molecule has 1 fully saturated rings. The summed E-state index contributed by atoms with van der Waals surface area (Å²) >= 11 is 0. The molecule has 0 aliphatic carbocycles. The molecule has 2 atom stereocenters. The van der Waals surface area contributed by atoms with Crippen molar-refractivity contribution in [2.45, 2.75) is 38.3 Å². The van der Waals surface area contributed by atoms with Gasteiger partial charge in [-0.3, -0.25) is 0 Å². The molecule has 1 saturated heterocycles. The minimum Gasteiger partial charge on any atom is -0.394 e. The van der Waals surface area contributed by atoms with Crippen molar-refractivity contribution in [1.82, 2.24) is 0 Å². The van der Waals surface area contributed by atoms with E-state index < -0.39 is 11.9 Å². The Hall–Kier alpha value is -0.200. The number of hydrogen-bond acceptors (Lipinski definition) is 5. The van der Waals surface area contributed by atoms with Crippen LogP contribution in [0.1, 0.15) is 20.3 Å². The van der Waals surface area contributed by atoms with Crippen LogP contribution in [0.2, 0.25) is 0 Å². The summed E-state index contributed by atoms with van der Waals surface area (Å²) < 4.78 is 9.41. The summed E-state index contributed by atoms with van der Waals surface area (Å²) in [5, 5.41) is 26.0. The Labute approximate surface area is 84.3 Å². The zero-order chi connectivity index (χ0) is 11.2. The Balaban J connectivity index is 0.000000255. The van der Waals surface area contributed by atoms with Crippen LogP contribution < -0.4 is 0 Å². The van der Waals surface area contributed by atoms with Crippen molar-refractivity contribution >= 4 is 0 Å². The second-order valence-corrected chi connectivity index (χ2v) is 3.60. The highest BCUT2D eigenvalue weighted by molar-refractivity contribution is 4.73. The summed E-state index contributed by atoms with van der Waals surface area (Å²) in [4.78, 5) is 0. The van der Waals surface area contributed by atoms with Gasteiger partial charge < -0.3 is 24.8 Å². The SMILES string of the molecule is COC(C)(C)O.OCC1OCCC1O. The Kier molecular flexibility index (Phi) is 6.22. The van der Waals surface area contributed by atoms with Gasteiger partial charge in [0.2, 0.25) is 0 Å². The largest absolute Gasteiger partial charge is 0.394 e. The minimum atomic E-state index is -0.958. The molecule has 0 bridgehead atoms. The number of aliphatic hydroxyl groups is 3. The molecule has 3 N–H and O–H groups in total. The molecule has 14 heavy (non-hydrogen) atoms. The summed E-state index contributed by atoms with van der Waals surface area (Å²) in [5.74, 6) is -0.958. The first-order valence-electron chi connectivity index (χ1n) is 4.58. The third-order valence-electron chi connectivity index (χ3n) is 1.85. The molecule has 0 aromatic carbocycles. The van der Waals surface area contributed by atoms with Crippen LogP contribution >= 0.6 is 0 Å². The van der Waals surface area contributed by atoms with E-state index in [1.54, 1.807) is 13.8 Å². The summed E-state index contributed by atoms with van der Waals surface area (Å²) in [7, 11) is 1.46. The lowest BCUT2D eigenvalue weighted by Crippen LogP contribution is -2.24. The maximum absolute atomic E-state index is 8.90. The topological polar surface area (TPSA) is 79.2 Å². The molecule has 0 amide bonds. The normalized spacial score (nSPS) is 27.0. The molecule has 2 unspecified atom stereocenters. The van der Waals surface area contributed by atoms with E-state index in [4.69, 9.17) is 20.1 Å². The quantitative estimate of drug-likeness (QED) is 0.533. The van der Waals surface area contributed by atoms with E-state index >= 15 is 0 Å². The van der Waals surface area contributed by atoms with Gasteiger partial charge in [0.15, 0.2) is 5.79 Å². The highest BCUT2D eigenvalue weighted by atomic mass is 16.6. The molecule has 1 rings (SSSR count). The number of aliphatic hydroxyl groups excluding tert-OH is 2.